The molecule has 8 nitrogen and oxygen atoms in total. The number of carbonyl (C=O) groups excluding carboxylic acids is 1. The molecule has 0 radical (unpaired) electrons. The summed E-state index contributed by atoms with van der Waals surface area (Å²) in [5, 5.41) is 0. The molecule has 9 heteroatoms. The number of fused-ring (bicyclic) bond motifs is 1. The van der Waals surface area contributed by atoms with E-state index in [9.17, 15) is 18.0 Å². The van der Waals surface area contributed by atoms with Crippen molar-refractivity contribution >= 4 is 21.6 Å². The van der Waals surface area contributed by atoms with E-state index in [0.29, 0.717) is 11.3 Å². The summed E-state index contributed by atoms with van der Waals surface area (Å²) in [6, 6.07) is 12.2. The highest BCUT2D eigenvalue weighted by Crippen LogP contribution is 2.16. The van der Waals surface area contributed by atoms with Gasteiger partial charge in [0.2, 0.25) is 10.0 Å². The summed E-state index contributed by atoms with van der Waals surface area (Å²) in [7, 11) is -0.848. The van der Waals surface area contributed by atoms with Gasteiger partial charge in [-0.3, -0.25) is 9.20 Å². The fraction of sp³-hybridized carbons (Fsp3) is 0.211. The molecule has 3 aromatic rings. The Labute approximate surface area is 162 Å². The largest absolute Gasteiger partial charge is 0.456 e. The van der Waals surface area contributed by atoms with Crippen molar-refractivity contribution in [3.05, 3.63) is 75.8 Å². The zero-order valence-corrected chi connectivity index (χ0v) is 16.4. The minimum absolute atomic E-state index is 0.00972. The average molecular weight is 401 g/mol. The maximum atomic E-state index is 12.3. The van der Waals surface area contributed by atoms with Crippen molar-refractivity contribution in [3.8, 4) is 0 Å². The van der Waals surface area contributed by atoms with Gasteiger partial charge in [0, 0.05) is 25.9 Å². The number of pyridine rings is 1. The first-order chi connectivity index (χ1) is 13.2. The number of carbonyl (C=O) groups is 1. The molecule has 0 N–H and O–H groups in total. The molecule has 2 heterocycles. The Hall–Kier alpha value is -3.04. The maximum Gasteiger partial charge on any atom is 0.338 e. The van der Waals surface area contributed by atoms with Gasteiger partial charge in [-0.25, -0.2) is 22.5 Å². The molecule has 0 aliphatic rings. The number of hydrogen-bond acceptors (Lipinski definition) is 6. The van der Waals surface area contributed by atoms with Gasteiger partial charge in [-0.05, 0) is 37.3 Å². The molecule has 0 unspecified atom stereocenters. The summed E-state index contributed by atoms with van der Waals surface area (Å²) in [6.07, 6.45) is 0. The molecule has 0 aliphatic carbocycles. The topological polar surface area (TPSA) is 98.0 Å². The fourth-order valence-electron chi connectivity index (χ4n) is 2.65. The van der Waals surface area contributed by atoms with Crippen LogP contribution in [-0.2, 0) is 21.4 Å². The number of aryl methyl sites for hydroxylation is 1. The Kier molecular flexibility index (Phi) is 5.30. The third kappa shape index (κ3) is 3.80. The molecule has 0 fully saturated rings. The monoisotopic (exact) mass is 401 g/mol. The van der Waals surface area contributed by atoms with E-state index in [0.717, 1.165) is 10.00 Å². The summed E-state index contributed by atoms with van der Waals surface area (Å²) in [4.78, 5) is 28.9. The molecule has 0 amide bonds. The predicted octanol–water partition coefficient (Wildman–Crippen LogP) is 1.61. The van der Waals surface area contributed by atoms with Crippen LogP contribution in [-0.4, -0.2) is 42.2 Å². The lowest BCUT2D eigenvalue weighted by atomic mass is 10.2. The van der Waals surface area contributed by atoms with Crippen molar-refractivity contribution in [2.45, 2.75) is 18.4 Å². The second-order valence-electron chi connectivity index (χ2n) is 6.34. The summed E-state index contributed by atoms with van der Waals surface area (Å²) >= 11 is 0. The highest BCUT2D eigenvalue weighted by molar-refractivity contribution is 7.89. The third-order valence-electron chi connectivity index (χ3n) is 4.13. The second-order valence-corrected chi connectivity index (χ2v) is 8.49. The molecule has 0 spiro atoms. The van der Waals surface area contributed by atoms with Gasteiger partial charge in [0.05, 0.1) is 16.2 Å². The number of aromatic nitrogens is 2. The van der Waals surface area contributed by atoms with Crippen LogP contribution in [0.3, 0.4) is 0 Å². The minimum Gasteiger partial charge on any atom is -0.456 e. The number of esters is 1. The maximum absolute atomic E-state index is 12.3. The molecular formula is C19H19N3O5S. The standard InChI is InChI=1S/C19H19N3O5S/c1-13-6-4-9-17-20-15(11-18(23)22(13)17)12-27-19(24)14-7-5-8-16(10-14)28(25,26)21(2)3/h4-11H,12H2,1-3H3. The molecular weight excluding hydrogens is 382 g/mol. The van der Waals surface area contributed by atoms with Crippen LogP contribution in [0.25, 0.3) is 5.65 Å². The van der Waals surface area contributed by atoms with Gasteiger partial charge >= 0.3 is 5.97 Å². The van der Waals surface area contributed by atoms with E-state index in [1.807, 2.05) is 0 Å². The van der Waals surface area contributed by atoms with Crippen molar-refractivity contribution in [3.63, 3.8) is 0 Å². The highest BCUT2D eigenvalue weighted by Gasteiger charge is 2.19. The van der Waals surface area contributed by atoms with E-state index in [4.69, 9.17) is 4.74 Å². The van der Waals surface area contributed by atoms with Crippen molar-refractivity contribution in [2.75, 3.05) is 14.1 Å². The zero-order valence-electron chi connectivity index (χ0n) is 15.6. The molecule has 28 heavy (non-hydrogen) atoms. The van der Waals surface area contributed by atoms with Gasteiger partial charge in [0.25, 0.3) is 5.56 Å². The Morgan fingerprint density at radius 3 is 2.57 bits per heavy atom. The summed E-state index contributed by atoms with van der Waals surface area (Å²) in [6.45, 7) is 1.59. The van der Waals surface area contributed by atoms with Crippen LogP contribution in [0, 0.1) is 6.92 Å². The Balaban J connectivity index is 1.82. The van der Waals surface area contributed by atoms with E-state index in [1.165, 1.54) is 48.8 Å². The predicted molar refractivity (Wildman–Crippen MR) is 103 cm³/mol. The average Bonchev–Trinajstić information content (AvgIpc) is 2.66. The summed E-state index contributed by atoms with van der Waals surface area (Å²) < 4.78 is 32.1. The SMILES string of the molecule is Cc1cccc2nc(COC(=O)c3cccc(S(=O)(=O)N(C)C)c3)cc(=O)n12. The third-order valence-corrected chi connectivity index (χ3v) is 5.94. The van der Waals surface area contributed by atoms with E-state index in [1.54, 1.807) is 25.1 Å². The first kappa shape index (κ1) is 19.7. The Morgan fingerprint density at radius 2 is 1.86 bits per heavy atom. The van der Waals surface area contributed by atoms with Crippen LogP contribution >= 0.6 is 0 Å². The van der Waals surface area contributed by atoms with E-state index < -0.39 is 16.0 Å². The van der Waals surface area contributed by atoms with Crippen LogP contribution in [0.5, 0.6) is 0 Å². The van der Waals surface area contributed by atoms with Crippen molar-refractivity contribution in [1.29, 1.82) is 0 Å². The van der Waals surface area contributed by atoms with Crippen LogP contribution in [0.1, 0.15) is 21.7 Å². The van der Waals surface area contributed by atoms with Gasteiger partial charge in [-0.15, -0.1) is 0 Å². The smallest absolute Gasteiger partial charge is 0.338 e. The number of nitrogens with zero attached hydrogens (tertiary/aromatic N) is 3. The lowest BCUT2D eigenvalue weighted by molar-refractivity contribution is 0.0467. The van der Waals surface area contributed by atoms with E-state index >= 15 is 0 Å². The lowest BCUT2D eigenvalue weighted by Gasteiger charge is -2.12. The first-order valence-electron chi connectivity index (χ1n) is 8.38. The zero-order chi connectivity index (χ0) is 20.5. The van der Waals surface area contributed by atoms with E-state index in [2.05, 4.69) is 4.98 Å². The van der Waals surface area contributed by atoms with Crippen LogP contribution in [0.4, 0.5) is 0 Å². The summed E-state index contributed by atoms with van der Waals surface area (Å²) in [5.74, 6) is -0.706. The lowest BCUT2D eigenvalue weighted by Crippen LogP contribution is -2.22. The summed E-state index contributed by atoms with van der Waals surface area (Å²) in [5.41, 5.74) is 1.33. The van der Waals surface area contributed by atoms with Gasteiger partial charge < -0.3 is 4.74 Å². The molecule has 0 saturated heterocycles. The normalized spacial score (nSPS) is 11.7. The van der Waals surface area contributed by atoms with Gasteiger partial charge in [-0.1, -0.05) is 12.1 Å². The second kappa shape index (κ2) is 7.53. The molecule has 0 aliphatic heterocycles. The Bertz CT molecular complexity index is 1220. The number of hydrogen-bond donors (Lipinski definition) is 0. The number of sulfonamides is 1. The molecule has 146 valence electrons. The minimum atomic E-state index is -3.66. The highest BCUT2D eigenvalue weighted by atomic mass is 32.2. The van der Waals surface area contributed by atoms with Crippen LogP contribution in [0.2, 0.25) is 0 Å². The van der Waals surface area contributed by atoms with Crippen molar-refractivity contribution in [1.82, 2.24) is 13.7 Å². The first-order valence-corrected chi connectivity index (χ1v) is 9.82. The van der Waals surface area contributed by atoms with Crippen molar-refractivity contribution in [2.24, 2.45) is 0 Å². The van der Waals surface area contributed by atoms with Crippen LogP contribution in [0.15, 0.2) is 58.2 Å². The van der Waals surface area contributed by atoms with E-state index in [-0.39, 0.29) is 22.6 Å². The molecule has 3 rings (SSSR count). The van der Waals surface area contributed by atoms with Crippen LogP contribution < -0.4 is 5.56 Å². The quantitative estimate of drug-likeness (QED) is 0.603. The molecule has 1 aromatic carbocycles. The molecule has 0 saturated carbocycles. The number of ether oxygens (including phenoxy) is 1. The molecule has 2 aromatic heterocycles. The molecule has 0 bridgehead atoms. The van der Waals surface area contributed by atoms with Gasteiger partial charge in [0.15, 0.2) is 0 Å². The fourth-order valence-corrected chi connectivity index (χ4v) is 3.60. The van der Waals surface area contributed by atoms with Gasteiger partial charge in [0.1, 0.15) is 12.3 Å². The molecule has 0 atom stereocenters. The van der Waals surface area contributed by atoms with Crippen molar-refractivity contribution < 1.29 is 17.9 Å². The Morgan fingerprint density at radius 1 is 1.14 bits per heavy atom. The number of benzene rings is 1. The van der Waals surface area contributed by atoms with Gasteiger partial charge in [-0.2, -0.15) is 0 Å². The number of rotatable bonds is 5.